The lowest BCUT2D eigenvalue weighted by Crippen LogP contribution is -2.28. The normalized spacial score (nSPS) is 13.9. The van der Waals surface area contributed by atoms with Crippen molar-refractivity contribution in [3.63, 3.8) is 0 Å². The highest BCUT2D eigenvalue weighted by Gasteiger charge is 2.47. The number of nitrogens with zero attached hydrogens (tertiary/aromatic N) is 1. The third kappa shape index (κ3) is 6.30. The van der Waals surface area contributed by atoms with Crippen molar-refractivity contribution in [1.29, 1.82) is 0 Å². The fourth-order valence-corrected chi connectivity index (χ4v) is 12.3. The number of benzene rings is 11. The van der Waals surface area contributed by atoms with Gasteiger partial charge in [-0.3, -0.25) is 0 Å². The number of ether oxygens (including phenoxy) is 2. The first-order valence-corrected chi connectivity index (χ1v) is 24.8. The van der Waals surface area contributed by atoms with Gasteiger partial charge in [0.25, 0.3) is 0 Å². The molecule has 340 valence electrons. The van der Waals surface area contributed by atoms with Gasteiger partial charge in [0.2, 0.25) is 6.79 Å². The van der Waals surface area contributed by atoms with E-state index in [-0.39, 0.29) is 6.79 Å². The summed E-state index contributed by atoms with van der Waals surface area (Å²) in [6.45, 7) is 0.214. The molecule has 11 aromatic rings. The zero-order chi connectivity index (χ0) is 47.6. The number of hydrogen-bond acceptors (Lipinski definition) is 3. The molecule has 0 N–H and O–H groups in total. The lowest BCUT2D eigenvalue weighted by Gasteiger charge is -2.34. The molecule has 0 unspecified atom stereocenters. The molecular weight excluding hydrogens is 875 g/mol. The summed E-state index contributed by atoms with van der Waals surface area (Å²) in [6, 6.07) is 100. The number of hydrogen-bond donors (Lipinski definition) is 0. The molecule has 2 aliphatic carbocycles. The first-order chi connectivity index (χ1) is 35.7. The van der Waals surface area contributed by atoms with Crippen molar-refractivity contribution in [2.45, 2.75) is 10.8 Å². The van der Waals surface area contributed by atoms with E-state index >= 15 is 0 Å². The van der Waals surface area contributed by atoms with E-state index in [1.807, 2.05) is 6.07 Å². The van der Waals surface area contributed by atoms with E-state index in [4.69, 9.17) is 9.47 Å². The molecule has 3 heteroatoms. The van der Waals surface area contributed by atoms with E-state index in [0.29, 0.717) is 0 Å². The van der Waals surface area contributed by atoms with Crippen LogP contribution in [0.3, 0.4) is 0 Å². The van der Waals surface area contributed by atoms with Crippen LogP contribution in [0.5, 0.6) is 11.5 Å². The van der Waals surface area contributed by atoms with E-state index in [1.54, 1.807) is 0 Å². The first-order valence-electron chi connectivity index (χ1n) is 24.8. The minimum atomic E-state index is -0.468. The molecule has 14 rings (SSSR count). The van der Waals surface area contributed by atoms with Gasteiger partial charge in [-0.15, -0.1) is 0 Å². The van der Waals surface area contributed by atoms with Crippen LogP contribution in [0, 0.1) is 0 Å². The Morgan fingerprint density at radius 1 is 0.264 bits per heavy atom. The molecule has 0 fully saturated rings. The quantitative estimate of drug-likeness (QED) is 0.144. The van der Waals surface area contributed by atoms with Gasteiger partial charge in [0, 0.05) is 17.4 Å². The molecule has 1 aliphatic heterocycles. The fraction of sp³-hybridized carbons (Fsp3) is 0.0435. The highest BCUT2D eigenvalue weighted by atomic mass is 16.7. The minimum Gasteiger partial charge on any atom is -0.454 e. The van der Waals surface area contributed by atoms with E-state index < -0.39 is 10.8 Å². The average Bonchev–Trinajstić information content (AvgIpc) is 4.15. The van der Waals surface area contributed by atoms with Crippen LogP contribution in [0.25, 0.3) is 44.5 Å². The molecule has 3 nitrogen and oxygen atoms in total. The lowest BCUT2D eigenvalue weighted by atomic mass is 9.67. The Morgan fingerprint density at radius 3 is 1.04 bits per heavy atom. The monoisotopic (exact) mass is 921 g/mol. The molecule has 0 spiro atoms. The topological polar surface area (TPSA) is 21.7 Å². The van der Waals surface area contributed by atoms with Crippen molar-refractivity contribution in [3.8, 4) is 56.0 Å². The maximum absolute atomic E-state index is 5.95. The van der Waals surface area contributed by atoms with Crippen molar-refractivity contribution in [1.82, 2.24) is 0 Å². The van der Waals surface area contributed by atoms with Gasteiger partial charge >= 0.3 is 0 Å². The third-order valence-electron chi connectivity index (χ3n) is 15.4. The first kappa shape index (κ1) is 41.8. The van der Waals surface area contributed by atoms with Gasteiger partial charge in [0.15, 0.2) is 11.5 Å². The van der Waals surface area contributed by atoms with Crippen molar-refractivity contribution >= 4 is 17.1 Å². The number of anilines is 3. The summed E-state index contributed by atoms with van der Waals surface area (Å²) in [5.74, 6) is 1.50. The zero-order valence-electron chi connectivity index (χ0n) is 39.5. The van der Waals surface area contributed by atoms with Crippen molar-refractivity contribution < 1.29 is 9.47 Å². The number of fused-ring (bicyclic) bond motifs is 7. The van der Waals surface area contributed by atoms with Crippen molar-refractivity contribution in [2.24, 2.45) is 0 Å². The summed E-state index contributed by atoms with van der Waals surface area (Å²) >= 11 is 0. The second-order valence-corrected chi connectivity index (χ2v) is 19.0. The fourth-order valence-electron chi connectivity index (χ4n) is 12.3. The van der Waals surface area contributed by atoms with Gasteiger partial charge in [0.1, 0.15) is 0 Å². The van der Waals surface area contributed by atoms with Crippen LogP contribution in [0.1, 0.15) is 44.5 Å². The zero-order valence-corrected chi connectivity index (χ0v) is 39.5. The van der Waals surface area contributed by atoms with Crippen LogP contribution in [0.4, 0.5) is 17.1 Å². The van der Waals surface area contributed by atoms with E-state index in [0.717, 1.165) is 39.7 Å². The molecule has 0 bridgehead atoms. The molecule has 0 saturated carbocycles. The van der Waals surface area contributed by atoms with Crippen LogP contribution in [-0.4, -0.2) is 6.79 Å². The molecule has 11 aromatic carbocycles. The molecule has 0 radical (unpaired) electrons. The molecule has 0 saturated heterocycles. The summed E-state index contributed by atoms with van der Waals surface area (Å²) in [4.78, 5) is 2.31. The smallest absolute Gasteiger partial charge is 0.231 e. The Balaban J connectivity index is 0.857. The minimum absolute atomic E-state index is 0.214. The van der Waals surface area contributed by atoms with Crippen LogP contribution in [-0.2, 0) is 10.8 Å². The van der Waals surface area contributed by atoms with Gasteiger partial charge in [-0.1, -0.05) is 218 Å². The standard InChI is InChI=1S/C69H47NO2/c1-5-17-51(18-6-1)68(52-19-7-2-8-20-52)62-27-15-13-25-58(62)60-40-33-49(43-64(60)68)47-29-35-55(36-30-47)70(57-39-42-66-67(45-57)72-46-71-66)56-37-31-48(32-38-56)50-34-41-61-59-26-14-16-28-63(59)69(65(61)44-50,53-21-9-3-10-22-53)54-23-11-4-12-24-54/h1-45H,46H2. The number of rotatable bonds is 9. The summed E-state index contributed by atoms with van der Waals surface area (Å²) in [5.41, 5.74) is 22.1. The molecule has 1 heterocycles. The van der Waals surface area contributed by atoms with E-state index in [2.05, 4.69) is 272 Å². The van der Waals surface area contributed by atoms with Gasteiger partial charge in [-0.25, -0.2) is 0 Å². The Hall–Kier alpha value is -9.18. The van der Waals surface area contributed by atoms with Gasteiger partial charge in [-0.05, 0) is 138 Å². The summed E-state index contributed by atoms with van der Waals surface area (Å²) in [7, 11) is 0. The Morgan fingerprint density at radius 2 is 0.611 bits per heavy atom. The molecular formula is C69H47NO2. The van der Waals surface area contributed by atoms with Crippen LogP contribution < -0.4 is 14.4 Å². The Bertz CT molecular complexity index is 3510. The summed E-state index contributed by atoms with van der Waals surface area (Å²) < 4.78 is 11.7. The van der Waals surface area contributed by atoms with Crippen LogP contribution in [0.2, 0.25) is 0 Å². The average molecular weight is 922 g/mol. The molecule has 72 heavy (non-hydrogen) atoms. The third-order valence-corrected chi connectivity index (χ3v) is 15.4. The summed E-state index contributed by atoms with van der Waals surface area (Å²) in [5, 5.41) is 0. The summed E-state index contributed by atoms with van der Waals surface area (Å²) in [6.07, 6.45) is 0. The molecule has 0 aromatic heterocycles. The molecule has 0 amide bonds. The van der Waals surface area contributed by atoms with E-state index in [1.165, 1.54) is 77.9 Å². The molecule has 0 atom stereocenters. The van der Waals surface area contributed by atoms with Gasteiger partial charge in [0.05, 0.1) is 16.5 Å². The van der Waals surface area contributed by atoms with Gasteiger partial charge < -0.3 is 14.4 Å². The highest BCUT2D eigenvalue weighted by molar-refractivity contribution is 5.91. The molecule has 3 aliphatic rings. The van der Waals surface area contributed by atoms with E-state index in [9.17, 15) is 0 Å². The van der Waals surface area contributed by atoms with Crippen LogP contribution in [0.15, 0.2) is 273 Å². The van der Waals surface area contributed by atoms with Crippen molar-refractivity contribution in [3.05, 3.63) is 317 Å². The SMILES string of the molecule is c1ccc(C2(c3ccccc3)c3ccccc3-c3ccc(-c4ccc(N(c5ccc(-c6ccc7c(c6)C(c6ccccc6)(c6ccccc6)c6ccccc6-7)cc5)c5ccc6c(c5)OCO6)cc4)cc32)cc1. The second-order valence-electron chi connectivity index (χ2n) is 19.0. The predicted molar refractivity (Wildman–Crippen MR) is 293 cm³/mol. The Labute approximate surface area is 420 Å². The second kappa shape index (κ2) is 16.8. The lowest BCUT2D eigenvalue weighted by molar-refractivity contribution is 0.174. The van der Waals surface area contributed by atoms with Crippen LogP contribution >= 0.6 is 0 Å². The maximum atomic E-state index is 5.95. The largest absolute Gasteiger partial charge is 0.454 e. The van der Waals surface area contributed by atoms with Gasteiger partial charge in [-0.2, -0.15) is 0 Å². The Kier molecular flexibility index (Phi) is 9.72. The maximum Gasteiger partial charge on any atom is 0.231 e. The highest BCUT2D eigenvalue weighted by Crippen LogP contribution is 2.58. The predicted octanol–water partition coefficient (Wildman–Crippen LogP) is 16.9. The van der Waals surface area contributed by atoms with Crippen molar-refractivity contribution in [2.75, 3.05) is 11.7 Å².